The van der Waals surface area contributed by atoms with Crippen molar-refractivity contribution in [1.29, 1.82) is 0 Å². The maximum Gasteiger partial charge on any atom is 0.0506 e. The number of nitrogens with zero attached hydrogens (tertiary/aromatic N) is 1. The quantitative estimate of drug-likeness (QED) is 0.585. The summed E-state index contributed by atoms with van der Waals surface area (Å²) in [7, 11) is 0. The molecule has 0 aromatic heterocycles. The number of allylic oxidation sites excluding steroid dienone is 1. The van der Waals surface area contributed by atoms with Gasteiger partial charge in [-0.2, -0.15) is 0 Å². The van der Waals surface area contributed by atoms with Crippen molar-refractivity contribution in [1.82, 2.24) is 0 Å². The molecule has 1 aliphatic heterocycles. The van der Waals surface area contributed by atoms with E-state index in [0.717, 1.165) is 6.42 Å². The summed E-state index contributed by atoms with van der Waals surface area (Å²) in [5, 5.41) is 0. The summed E-state index contributed by atoms with van der Waals surface area (Å²) < 4.78 is 0. The van der Waals surface area contributed by atoms with Crippen LogP contribution in [-0.4, -0.2) is 12.3 Å². The van der Waals surface area contributed by atoms with Crippen molar-refractivity contribution in [2.24, 2.45) is 10.9 Å². The number of rotatable bonds is 5. The standard InChI is InChI=1S/C13H23N/c1-4-5-6-7-11(2)13-9-8-12(3)14-10-13/h9-12H,4-8H2,1-3H3. The van der Waals surface area contributed by atoms with Gasteiger partial charge in [0, 0.05) is 6.21 Å². The third kappa shape index (κ3) is 3.65. The van der Waals surface area contributed by atoms with Crippen LogP contribution in [0.5, 0.6) is 0 Å². The van der Waals surface area contributed by atoms with Gasteiger partial charge >= 0.3 is 0 Å². The zero-order valence-electron chi connectivity index (χ0n) is 9.79. The number of hydrogen-bond acceptors (Lipinski definition) is 1. The Labute approximate surface area is 88.3 Å². The second-order valence-corrected chi connectivity index (χ2v) is 4.46. The van der Waals surface area contributed by atoms with E-state index in [2.05, 4.69) is 38.1 Å². The predicted octanol–water partition coefficient (Wildman–Crippen LogP) is 3.99. The fourth-order valence-corrected chi connectivity index (χ4v) is 1.83. The van der Waals surface area contributed by atoms with Crippen LogP contribution in [0.4, 0.5) is 0 Å². The van der Waals surface area contributed by atoms with Gasteiger partial charge in [-0.05, 0) is 31.3 Å². The zero-order valence-corrected chi connectivity index (χ0v) is 9.79. The summed E-state index contributed by atoms with van der Waals surface area (Å²) in [6.45, 7) is 6.75. The first-order valence-corrected chi connectivity index (χ1v) is 5.97. The molecule has 0 N–H and O–H groups in total. The van der Waals surface area contributed by atoms with Crippen LogP contribution in [0.3, 0.4) is 0 Å². The molecule has 1 rings (SSSR count). The molecule has 0 bridgehead atoms. The topological polar surface area (TPSA) is 12.4 Å². The van der Waals surface area contributed by atoms with Gasteiger partial charge in [-0.3, -0.25) is 4.99 Å². The lowest BCUT2D eigenvalue weighted by molar-refractivity contribution is 0.561. The van der Waals surface area contributed by atoms with E-state index in [1.165, 1.54) is 31.3 Å². The summed E-state index contributed by atoms with van der Waals surface area (Å²) in [5.74, 6) is 0.706. The summed E-state index contributed by atoms with van der Waals surface area (Å²) in [6, 6.07) is 0.501. The Hall–Kier alpha value is -0.590. The molecule has 1 aliphatic rings. The van der Waals surface area contributed by atoms with Crippen LogP contribution < -0.4 is 0 Å². The maximum atomic E-state index is 4.47. The largest absolute Gasteiger partial charge is 0.290 e. The molecule has 1 heteroatoms. The number of unbranched alkanes of at least 4 members (excludes halogenated alkanes) is 2. The number of aliphatic imine (C=N–C) groups is 1. The Morgan fingerprint density at radius 2 is 2.29 bits per heavy atom. The van der Waals surface area contributed by atoms with Crippen LogP contribution >= 0.6 is 0 Å². The molecule has 2 atom stereocenters. The SMILES string of the molecule is CCCCCC(C)C1=CCC(C)N=C1. The first-order chi connectivity index (χ1) is 6.74. The van der Waals surface area contributed by atoms with Gasteiger partial charge < -0.3 is 0 Å². The van der Waals surface area contributed by atoms with E-state index in [1.807, 2.05) is 0 Å². The minimum absolute atomic E-state index is 0.501. The van der Waals surface area contributed by atoms with E-state index in [4.69, 9.17) is 0 Å². The van der Waals surface area contributed by atoms with Crippen molar-refractivity contribution in [3.8, 4) is 0 Å². The van der Waals surface area contributed by atoms with Gasteiger partial charge in [0.15, 0.2) is 0 Å². The minimum Gasteiger partial charge on any atom is -0.290 e. The van der Waals surface area contributed by atoms with Crippen LogP contribution in [0, 0.1) is 5.92 Å². The highest BCUT2D eigenvalue weighted by atomic mass is 14.8. The number of dihydropyridines is 1. The Kier molecular flexibility index (Phi) is 4.92. The van der Waals surface area contributed by atoms with Crippen molar-refractivity contribution in [3.63, 3.8) is 0 Å². The van der Waals surface area contributed by atoms with Crippen molar-refractivity contribution in [2.75, 3.05) is 0 Å². The minimum atomic E-state index is 0.501. The van der Waals surface area contributed by atoms with E-state index >= 15 is 0 Å². The summed E-state index contributed by atoms with van der Waals surface area (Å²) >= 11 is 0. The van der Waals surface area contributed by atoms with E-state index in [9.17, 15) is 0 Å². The molecule has 0 aromatic carbocycles. The zero-order chi connectivity index (χ0) is 10.4. The van der Waals surface area contributed by atoms with Crippen LogP contribution in [0.1, 0.15) is 52.9 Å². The van der Waals surface area contributed by atoms with Gasteiger partial charge in [-0.15, -0.1) is 0 Å². The molecule has 1 nitrogen and oxygen atoms in total. The van der Waals surface area contributed by atoms with Crippen LogP contribution in [0.25, 0.3) is 0 Å². The van der Waals surface area contributed by atoms with Crippen molar-refractivity contribution >= 4 is 6.21 Å². The molecule has 0 radical (unpaired) electrons. The molecule has 80 valence electrons. The second-order valence-electron chi connectivity index (χ2n) is 4.46. The van der Waals surface area contributed by atoms with Crippen LogP contribution in [0.2, 0.25) is 0 Å². The van der Waals surface area contributed by atoms with Crippen LogP contribution in [0.15, 0.2) is 16.6 Å². The first kappa shape index (κ1) is 11.5. The van der Waals surface area contributed by atoms with Gasteiger partial charge in [0.25, 0.3) is 0 Å². The molecule has 0 amide bonds. The molecule has 1 heterocycles. The van der Waals surface area contributed by atoms with Gasteiger partial charge in [0.2, 0.25) is 0 Å². The van der Waals surface area contributed by atoms with Crippen molar-refractivity contribution in [3.05, 3.63) is 11.6 Å². The third-order valence-electron chi connectivity index (χ3n) is 2.98. The van der Waals surface area contributed by atoms with Crippen molar-refractivity contribution < 1.29 is 0 Å². The third-order valence-corrected chi connectivity index (χ3v) is 2.98. The Balaban J connectivity index is 2.30. The first-order valence-electron chi connectivity index (χ1n) is 5.97. The lowest BCUT2D eigenvalue weighted by atomic mass is 9.93. The Bertz CT molecular complexity index is 215. The van der Waals surface area contributed by atoms with E-state index in [-0.39, 0.29) is 0 Å². The Morgan fingerprint density at radius 1 is 1.50 bits per heavy atom. The smallest absolute Gasteiger partial charge is 0.0506 e. The van der Waals surface area contributed by atoms with Gasteiger partial charge in [-0.1, -0.05) is 39.2 Å². The fourth-order valence-electron chi connectivity index (χ4n) is 1.83. The molecule has 0 saturated heterocycles. The Morgan fingerprint density at radius 3 is 2.86 bits per heavy atom. The van der Waals surface area contributed by atoms with E-state index in [1.54, 1.807) is 0 Å². The average molecular weight is 193 g/mol. The molecule has 2 unspecified atom stereocenters. The summed E-state index contributed by atoms with van der Waals surface area (Å²) in [6.07, 6.45) is 10.9. The monoisotopic (exact) mass is 193 g/mol. The summed E-state index contributed by atoms with van der Waals surface area (Å²) in [4.78, 5) is 4.47. The molecule has 0 spiro atoms. The molecule has 0 aromatic rings. The second kappa shape index (κ2) is 6.00. The molecule has 0 saturated carbocycles. The lowest BCUT2D eigenvalue weighted by Crippen LogP contribution is -2.09. The van der Waals surface area contributed by atoms with E-state index < -0.39 is 0 Å². The van der Waals surface area contributed by atoms with Gasteiger partial charge in [0.1, 0.15) is 0 Å². The molecule has 14 heavy (non-hydrogen) atoms. The maximum absolute atomic E-state index is 4.47. The average Bonchev–Trinajstić information content (AvgIpc) is 2.19. The van der Waals surface area contributed by atoms with E-state index in [0.29, 0.717) is 12.0 Å². The molecule has 0 fully saturated rings. The fraction of sp³-hybridized carbons (Fsp3) is 0.769. The predicted molar refractivity (Wildman–Crippen MR) is 64.0 cm³/mol. The highest BCUT2D eigenvalue weighted by Crippen LogP contribution is 2.20. The highest BCUT2D eigenvalue weighted by Gasteiger charge is 2.10. The van der Waals surface area contributed by atoms with Crippen molar-refractivity contribution in [2.45, 2.75) is 58.9 Å². The normalized spacial score (nSPS) is 23.4. The van der Waals surface area contributed by atoms with Gasteiger partial charge in [0.05, 0.1) is 6.04 Å². The molecular formula is C13H23N. The van der Waals surface area contributed by atoms with Crippen LogP contribution in [-0.2, 0) is 0 Å². The number of hydrogen-bond donors (Lipinski definition) is 0. The lowest BCUT2D eigenvalue weighted by Gasteiger charge is -2.17. The summed E-state index contributed by atoms with van der Waals surface area (Å²) in [5.41, 5.74) is 1.46. The molecular weight excluding hydrogens is 170 g/mol. The highest BCUT2D eigenvalue weighted by molar-refractivity contribution is 5.80. The molecule has 0 aliphatic carbocycles. The van der Waals surface area contributed by atoms with Gasteiger partial charge in [-0.25, -0.2) is 0 Å².